The Bertz CT molecular complexity index is 488. The Kier molecular flexibility index (Phi) is 3.69. The summed E-state index contributed by atoms with van der Waals surface area (Å²) in [6, 6.07) is 6.22. The molecule has 1 aromatic heterocycles. The SMILES string of the molecule is CCOc1ccc2[nH]cc(CCN(C)C)c2c1. The van der Waals surface area contributed by atoms with Gasteiger partial charge in [0.05, 0.1) is 6.61 Å². The number of fused-ring (bicyclic) bond motifs is 1. The highest BCUT2D eigenvalue weighted by molar-refractivity contribution is 5.84. The second kappa shape index (κ2) is 5.23. The standard InChI is InChI=1S/C14H20N2O/c1-4-17-12-5-6-14-13(9-12)11(10-15-14)7-8-16(2)3/h5-6,9-10,15H,4,7-8H2,1-3H3. The molecule has 1 aromatic carbocycles. The minimum absolute atomic E-state index is 0.711. The molecule has 0 aliphatic heterocycles. The molecule has 0 bridgehead atoms. The second-order valence-electron chi connectivity index (χ2n) is 4.51. The third kappa shape index (κ3) is 2.80. The minimum atomic E-state index is 0.711. The van der Waals surface area contributed by atoms with E-state index >= 15 is 0 Å². The van der Waals surface area contributed by atoms with Crippen molar-refractivity contribution in [3.63, 3.8) is 0 Å². The maximum atomic E-state index is 5.54. The van der Waals surface area contributed by atoms with Crippen molar-refractivity contribution < 1.29 is 4.74 Å². The van der Waals surface area contributed by atoms with E-state index in [1.165, 1.54) is 16.5 Å². The van der Waals surface area contributed by atoms with E-state index in [0.29, 0.717) is 6.61 Å². The molecule has 3 nitrogen and oxygen atoms in total. The van der Waals surface area contributed by atoms with Gasteiger partial charge in [0.2, 0.25) is 0 Å². The van der Waals surface area contributed by atoms with Crippen LogP contribution in [0.1, 0.15) is 12.5 Å². The first-order valence-corrected chi connectivity index (χ1v) is 6.08. The second-order valence-corrected chi connectivity index (χ2v) is 4.51. The van der Waals surface area contributed by atoms with Crippen molar-refractivity contribution in [2.24, 2.45) is 0 Å². The number of hydrogen-bond donors (Lipinski definition) is 1. The van der Waals surface area contributed by atoms with Crippen LogP contribution < -0.4 is 4.74 Å². The van der Waals surface area contributed by atoms with E-state index in [0.717, 1.165) is 18.7 Å². The summed E-state index contributed by atoms with van der Waals surface area (Å²) in [6.07, 6.45) is 3.16. The van der Waals surface area contributed by atoms with Crippen LogP contribution in [0.2, 0.25) is 0 Å². The third-order valence-electron chi connectivity index (χ3n) is 2.88. The van der Waals surface area contributed by atoms with Crippen molar-refractivity contribution in [2.45, 2.75) is 13.3 Å². The number of likely N-dealkylation sites (N-methyl/N-ethyl adjacent to an activating group) is 1. The lowest BCUT2D eigenvalue weighted by atomic mass is 10.1. The van der Waals surface area contributed by atoms with Crippen LogP contribution >= 0.6 is 0 Å². The van der Waals surface area contributed by atoms with Crippen molar-refractivity contribution in [1.29, 1.82) is 0 Å². The highest BCUT2D eigenvalue weighted by atomic mass is 16.5. The molecule has 0 amide bonds. The fraction of sp³-hybridized carbons (Fsp3) is 0.429. The van der Waals surface area contributed by atoms with Gasteiger partial charge in [-0.15, -0.1) is 0 Å². The van der Waals surface area contributed by atoms with Crippen molar-refractivity contribution in [1.82, 2.24) is 9.88 Å². The van der Waals surface area contributed by atoms with Gasteiger partial charge in [0.15, 0.2) is 0 Å². The summed E-state index contributed by atoms with van der Waals surface area (Å²) in [5.41, 5.74) is 2.54. The largest absolute Gasteiger partial charge is 0.494 e. The van der Waals surface area contributed by atoms with Crippen molar-refractivity contribution in [2.75, 3.05) is 27.2 Å². The van der Waals surface area contributed by atoms with Gasteiger partial charge in [0.1, 0.15) is 5.75 Å². The topological polar surface area (TPSA) is 28.3 Å². The van der Waals surface area contributed by atoms with Gasteiger partial charge in [0, 0.05) is 23.6 Å². The summed E-state index contributed by atoms with van der Waals surface area (Å²) in [4.78, 5) is 5.51. The Balaban J connectivity index is 2.26. The van der Waals surface area contributed by atoms with E-state index < -0.39 is 0 Å². The first-order valence-electron chi connectivity index (χ1n) is 6.08. The normalized spacial score (nSPS) is 11.3. The van der Waals surface area contributed by atoms with Crippen LogP contribution in [0.3, 0.4) is 0 Å². The van der Waals surface area contributed by atoms with Crippen molar-refractivity contribution >= 4 is 10.9 Å². The fourth-order valence-corrected chi connectivity index (χ4v) is 1.96. The van der Waals surface area contributed by atoms with Gasteiger partial charge in [0.25, 0.3) is 0 Å². The zero-order chi connectivity index (χ0) is 12.3. The molecule has 0 unspecified atom stereocenters. The number of rotatable bonds is 5. The van der Waals surface area contributed by atoms with Crippen LogP contribution in [0.15, 0.2) is 24.4 Å². The molecule has 0 radical (unpaired) electrons. The molecule has 0 atom stereocenters. The molecule has 0 aliphatic rings. The average Bonchev–Trinajstić information content (AvgIpc) is 2.69. The van der Waals surface area contributed by atoms with Crippen LogP contribution in [-0.2, 0) is 6.42 Å². The molecule has 2 aromatic rings. The van der Waals surface area contributed by atoms with E-state index in [1.807, 2.05) is 13.0 Å². The number of H-pyrrole nitrogens is 1. The van der Waals surface area contributed by atoms with Crippen LogP contribution in [-0.4, -0.2) is 37.1 Å². The van der Waals surface area contributed by atoms with Crippen LogP contribution in [0, 0.1) is 0 Å². The summed E-state index contributed by atoms with van der Waals surface area (Å²) in [5.74, 6) is 0.950. The zero-order valence-electron chi connectivity index (χ0n) is 10.8. The lowest BCUT2D eigenvalue weighted by molar-refractivity contribution is 0.340. The molecular formula is C14H20N2O. The van der Waals surface area contributed by atoms with Gasteiger partial charge in [-0.05, 0) is 51.2 Å². The van der Waals surface area contributed by atoms with Gasteiger partial charge >= 0.3 is 0 Å². The number of ether oxygens (including phenoxy) is 1. The lowest BCUT2D eigenvalue weighted by Crippen LogP contribution is -2.14. The third-order valence-corrected chi connectivity index (χ3v) is 2.88. The van der Waals surface area contributed by atoms with E-state index in [4.69, 9.17) is 4.74 Å². The molecule has 1 N–H and O–H groups in total. The molecule has 0 fully saturated rings. The van der Waals surface area contributed by atoms with E-state index in [1.54, 1.807) is 0 Å². The summed E-state index contributed by atoms with van der Waals surface area (Å²) in [5, 5.41) is 1.28. The zero-order valence-corrected chi connectivity index (χ0v) is 10.8. The molecule has 2 rings (SSSR count). The van der Waals surface area contributed by atoms with E-state index in [9.17, 15) is 0 Å². The molecule has 1 heterocycles. The molecule has 0 spiro atoms. The van der Waals surface area contributed by atoms with Gasteiger partial charge in [-0.3, -0.25) is 0 Å². The predicted octanol–water partition coefficient (Wildman–Crippen LogP) is 2.67. The summed E-state index contributed by atoms with van der Waals surface area (Å²) in [6.45, 7) is 3.78. The molecule has 0 saturated heterocycles. The number of aromatic nitrogens is 1. The minimum Gasteiger partial charge on any atom is -0.494 e. The number of aromatic amines is 1. The number of nitrogens with one attached hydrogen (secondary N) is 1. The summed E-state index contributed by atoms with van der Waals surface area (Å²) in [7, 11) is 4.20. The molecule has 0 aliphatic carbocycles. The Hall–Kier alpha value is -1.48. The van der Waals surface area contributed by atoms with E-state index in [-0.39, 0.29) is 0 Å². The number of benzene rings is 1. The fourth-order valence-electron chi connectivity index (χ4n) is 1.96. The monoisotopic (exact) mass is 232 g/mol. The highest BCUT2D eigenvalue weighted by Gasteiger charge is 2.05. The number of nitrogens with zero attached hydrogens (tertiary/aromatic N) is 1. The molecule has 0 saturated carbocycles. The summed E-state index contributed by atoms with van der Waals surface area (Å²) >= 11 is 0. The maximum Gasteiger partial charge on any atom is 0.120 e. The van der Waals surface area contributed by atoms with Gasteiger partial charge in [-0.25, -0.2) is 0 Å². The molecular weight excluding hydrogens is 212 g/mol. The van der Waals surface area contributed by atoms with Crippen LogP contribution in [0.25, 0.3) is 10.9 Å². The molecule has 3 heteroatoms. The van der Waals surface area contributed by atoms with Crippen LogP contribution in [0.5, 0.6) is 5.75 Å². The Labute approximate surface area is 102 Å². The Morgan fingerprint density at radius 2 is 2.12 bits per heavy atom. The van der Waals surface area contributed by atoms with E-state index in [2.05, 4.69) is 42.3 Å². The Morgan fingerprint density at radius 3 is 2.82 bits per heavy atom. The quantitative estimate of drug-likeness (QED) is 0.858. The summed E-state index contributed by atoms with van der Waals surface area (Å²) < 4.78 is 5.54. The van der Waals surface area contributed by atoms with Crippen LogP contribution in [0.4, 0.5) is 0 Å². The first-order chi connectivity index (χ1) is 8.20. The van der Waals surface area contributed by atoms with Crippen molar-refractivity contribution in [3.8, 4) is 5.75 Å². The average molecular weight is 232 g/mol. The van der Waals surface area contributed by atoms with Gasteiger partial charge in [-0.1, -0.05) is 0 Å². The predicted molar refractivity (Wildman–Crippen MR) is 71.7 cm³/mol. The van der Waals surface area contributed by atoms with Gasteiger partial charge < -0.3 is 14.6 Å². The molecule has 17 heavy (non-hydrogen) atoms. The highest BCUT2D eigenvalue weighted by Crippen LogP contribution is 2.24. The maximum absolute atomic E-state index is 5.54. The van der Waals surface area contributed by atoms with Gasteiger partial charge in [-0.2, -0.15) is 0 Å². The lowest BCUT2D eigenvalue weighted by Gasteiger charge is -2.08. The first kappa shape index (κ1) is 12.0. The Morgan fingerprint density at radius 1 is 1.29 bits per heavy atom. The smallest absolute Gasteiger partial charge is 0.120 e. The molecule has 92 valence electrons. The van der Waals surface area contributed by atoms with Crippen molar-refractivity contribution in [3.05, 3.63) is 30.0 Å². The number of hydrogen-bond acceptors (Lipinski definition) is 2.